The maximum atomic E-state index is 13.1. The number of carbonyl (C=O) groups excluding carboxylic acids is 3. The van der Waals surface area contributed by atoms with E-state index in [2.05, 4.69) is 10.2 Å². The number of benzene rings is 2. The second kappa shape index (κ2) is 9.79. The van der Waals surface area contributed by atoms with Crippen LogP contribution in [0.2, 0.25) is 0 Å². The van der Waals surface area contributed by atoms with E-state index < -0.39 is 17.3 Å². The number of ether oxygens (including phenoxy) is 2. The lowest BCUT2D eigenvalue weighted by Crippen LogP contribution is -2.52. The average Bonchev–Trinajstić information content (AvgIpc) is 3.21. The number of nitrogens with zero attached hydrogens (tertiary/aromatic N) is 2. The van der Waals surface area contributed by atoms with Crippen molar-refractivity contribution in [1.29, 1.82) is 0 Å². The lowest BCUT2D eigenvalue weighted by molar-refractivity contribution is -0.136. The Labute approximate surface area is 213 Å². The summed E-state index contributed by atoms with van der Waals surface area (Å²) in [6, 6.07) is 11.6. The zero-order valence-corrected chi connectivity index (χ0v) is 19.8. The third kappa shape index (κ3) is 4.69. The molecule has 8 nitrogen and oxygen atoms in total. The van der Waals surface area contributed by atoms with Crippen molar-refractivity contribution >= 4 is 41.3 Å². The minimum atomic E-state index is -1.68. The Hall–Kier alpha value is -3.04. The molecule has 6 radical (unpaired) electrons. The Kier molecular flexibility index (Phi) is 6.70. The Balaban J connectivity index is 1.32. The highest BCUT2D eigenvalue weighted by Gasteiger charge is 2.40. The Morgan fingerprint density at radius 3 is 2.47 bits per heavy atom. The fourth-order valence-corrected chi connectivity index (χ4v) is 4.90. The van der Waals surface area contributed by atoms with Crippen LogP contribution in [-0.4, -0.2) is 83.4 Å². The Morgan fingerprint density at radius 2 is 1.78 bits per heavy atom. The van der Waals surface area contributed by atoms with E-state index in [9.17, 15) is 14.4 Å². The minimum absolute atomic E-state index is 0.153. The van der Waals surface area contributed by atoms with Gasteiger partial charge in [-0.15, -0.1) is 0 Å². The van der Waals surface area contributed by atoms with E-state index in [0.29, 0.717) is 35.7 Å². The van der Waals surface area contributed by atoms with Crippen LogP contribution in [0.25, 0.3) is 0 Å². The monoisotopic (exact) mass is 479 g/mol. The van der Waals surface area contributed by atoms with Crippen LogP contribution in [0, 0.1) is 0 Å². The molecule has 3 amide bonds. The van der Waals surface area contributed by atoms with Gasteiger partial charge < -0.3 is 19.3 Å². The summed E-state index contributed by atoms with van der Waals surface area (Å²) in [5.41, 5.74) is 2.46. The van der Waals surface area contributed by atoms with Gasteiger partial charge in [-0.2, -0.15) is 0 Å². The van der Waals surface area contributed by atoms with Gasteiger partial charge in [0.1, 0.15) is 27.5 Å². The molecule has 0 bridgehead atoms. The maximum Gasteiger partial charge on any atom is 0.255 e. The van der Waals surface area contributed by atoms with Crippen LogP contribution in [0.15, 0.2) is 42.5 Å². The third-order valence-electron chi connectivity index (χ3n) is 6.96. The summed E-state index contributed by atoms with van der Waals surface area (Å²) in [5.74, 6) is -1.02. The summed E-state index contributed by atoms with van der Waals surface area (Å²) in [5, 5.41) is 0.621. The van der Waals surface area contributed by atoms with Gasteiger partial charge >= 0.3 is 0 Å². The van der Waals surface area contributed by atoms with Crippen molar-refractivity contribution in [3.63, 3.8) is 0 Å². The molecule has 2 aromatic rings. The maximum absolute atomic E-state index is 13.1. The van der Waals surface area contributed by atoms with Gasteiger partial charge in [-0.3, -0.25) is 19.7 Å². The first-order chi connectivity index (χ1) is 17.2. The molecule has 2 atom stereocenters. The fraction of sp³-hybridized carbons (Fsp3) is 0.400. The van der Waals surface area contributed by atoms with Crippen LogP contribution < -0.4 is 10.1 Å². The van der Waals surface area contributed by atoms with Gasteiger partial charge in [-0.1, -0.05) is 30.3 Å². The average molecular weight is 479 g/mol. The second-order valence-electron chi connectivity index (χ2n) is 9.29. The highest BCUT2D eigenvalue weighted by molar-refractivity contribution is 6.39. The topological polar surface area (TPSA) is 88.2 Å². The molecule has 2 fully saturated rings. The Morgan fingerprint density at radius 1 is 1.06 bits per heavy atom. The second-order valence-corrected chi connectivity index (χ2v) is 9.29. The van der Waals surface area contributed by atoms with Crippen LogP contribution in [0.1, 0.15) is 45.8 Å². The van der Waals surface area contributed by atoms with Gasteiger partial charge in [0.15, 0.2) is 0 Å². The minimum Gasteiger partial charge on any atom is -0.502 e. The molecule has 1 N–H and O–H groups in total. The smallest absolute Gasteiger partial charge is 0.255 e. The van der Waals surface area contributed by atoms with Crippen molar-refractivity contribution in [2.45, 2.75) is 36.8 Å². The molecule has 3 aliphatic rings. The zero-order chi connectivity index (χ0) is 25.4. The number of amides is 3. The quantitative estimate of drug-likeness (QED) is 0.480. The highest BCUT2D eigenvalue weighted by atomic mass is 16.5. The predicted molar refractivity (Wildman–Crippen MR) is 134 cm³/mol. The Bertz CT molecular complexity index is 1180. The molecular weight excluding hydrogens is 455 g/mol. The van der Waals surface area contributed by atoms with Gasteiger partial charge in [0.2, 0.25) is 11.8 Å². The van der Waals surface area contributed by atoms with E-state index in [0.717, 1.165) is 18.7 Å². The number of hydrogen-bond donors (Lipinski definition) is 1. The van der Waals surface area contributed by atoms with Crippen LogP contribution in [0.5, 0.6) is 5.75 Å². The number of fused-ring (bicyclic) bond motifs is 1. The number of imide groups is 1. The normalized spacial score (nSPS) is 21.7. The van der Waals surface area contributed by atoms with Gasteiger partial charge in [0.05, 0.1) is 27.6 Å². The van der Waals surface area contributed by atoms with Crippen LogP contribution in [-0.2, 0) is 26.3 Å². The standard InChI is InChI=1S/C25H24B3N3O5/c26-22(30-10-12-35-13-11-30)15-4-6-16(7-5-15)25(27,28)36-20-3-1-2-17-18(20)14-31(24(17)34)19-8-9-21(32)29-23(19)33/h1-7,19,22H,8-14H2,(H,29,32,33). The molecule has 0 spiro atoms. The summed E-state index contributed by atoms with van der Waals surface area (Å²) in [4.78, 5) is 40.5. The SMILES string of the molecule is [B]C(c1ccc(C([B])([B])Oc2cccc3c2CN(C2CCC(=O)NC2=O)C3=O)cc1)N1CCOCC1. The van der Waals surface area contributed by atoms with E-state index in [1.54, 1.807) is 30.3 Å². The van der Waals surface area contributed by atoms with Crippen molar-refractivity contribution in [1.82, 2.24) is 15.1 Å². The zero-order valence-electron chi connectivity index (χ0n) is 19.8. The summed E-state index contributed by atoms with van der Waals surface area (Å²) in [6.45, 7) is 2.98. The van der Waals surface area contributed by atoms with Gasteiger partial charge in [-0.05, 0) is 35.6 Å². The van der Waals surface area contributed by atoms with Gasteiger partial charge in [0.25, 0.3) is 5.91 Å². The van der Waals surface area contributed by atoms with Crippen molar-refractivity contribution in [3.05, 3.63) is 64.7 Å². The first kappa shape index (κ1) is 24.7. The number of carbonyl (C=O) groups is 3. The molecule has 2 saturated heterocycles. The first-order valence-corrected chi connectivity index (χ1v) is 12.0. The van der Waals surface area contributed by atoms with E-state index in [1.807, 2.05) is 12.1 Å². The summed E-state index contributed by atoms with van der Waals surface area (Å²) in [6.07, 6.45) is 0.455. The number of morpholine rings is 1. The van der Waals surface area contributed by atoms with Gasteiger partial charge in [0, 0.05) is 36.0 Å². The highest BCUT2D eigenvalue weighted by Crippen LogP contribution is 2.36. The van der Waals surface area contributed by atoms with Gasteiger partial charge in [-0.25, -0.2) is 0 Å². The molecule has 36 heavy (non-hydrogen) atoms. The van der Waals surface area contributed by atoms with E-state index in [1.165, 1.54) is 4.90 Å². The van der Waals surface area contributed by atoms with Crippen molar-refractivity contribution in [2.75, 3.05) is 26.3 Å². The molecule has 178 valence electrons. The summed E-state index contributed by atoms with van der Waals surface area (Å²) < 4.78 is 11.4. The lowest BCUT2D eigenvalue weighted by atomic mass is 9.61. The lowest BCUT2D eigenvalue weighted by Gasteiger charge is -2.34. The third-order valence-corrected chi connectivity index (χ3v) is 6.96. The van der Waals surface area contributed by atoms with Crippen LogP contribution in [0.3, 0.4) is 0 Å². The molecule has 0 saturated carbocycles. The van der Waals surface area contributed by atoms with Crippen LogP contribution in [0.4, 0.5) is 0 Å². The molecule has 0 aliphatic carbocycles. The first-order valence-electron chi connectivity index (χ1n) is 12.0. The molecule has 11 heteroatoms. The number of piperidine rings is 1. The molecule has 2 aromatic carbocycles. The number of rotatable bonds is 6. The van der Waals surface area contributed by atoms with Crippen LogP contribution >= 0.6 is 0 Å². The van der Waals surface area contributed by atoms with E-state index >= 15 is 0 Å². The number of hydrogen-bond acceptors (Lipinski definition) is 6. The molecular formula is C25H24B3N3O5. The number of nitrogens with one attached hydrogen (secondary N) is 1. The summed E-state index contributed by atoms with van der Waals surface area (Å²) >= 11 is 0. The molecule has 3 heterocycles. The largest absolute Gasteiger partial charge is 0.502 e. The molecule has 3 aliphatic heterocycles. The van der Waals surface area contributed by atoms with Crippen molar-refractivity contribution < 1.29 is 23.9 Å². The molecule has 2 unspecified atom stereocenters. The summed E-state index contributed by atoms with van der Waals surface area (Å²) in [7, 11) is 19.2. The predicted octanol–water partition coefficient (Wildman–Crippen LogP) is 0.473. The molecule has 5 rings (SSSR count). The van der Waals surface area contributed by atoms with Crippen molar-refractivity contribution in [2.24, 2.45) is 0 Å². The fourth-order valence-electron chi connectivity index (χ4n) is 4.90. The van der Waals surface area contributed by atoms with E-state index in [4.69, 9.17) is 33.0 Å². The van der Waals surface area contributed by atoms with E-state index in [-0.39, 0.29) is 37.1 Å². The molecule has 0 aromatic heterocycles. The van der Waals surface area contributed by atoms with Crippen molar-refractivity contribution in [3.8, 4) is 5.75 Å².